The van der Waals surface area contributed by atoms with Crippen LogP contribution in [0.5, 0.6) is 5.75 Å². The zero-order valence-electron chi connectivity index (χ0n) is 14.3. The van der Waals surface area contributed by atoms with Crippen LogP contribution in [0.2, 0.25) is 0 Å². The molecule has 0 aliphatic rings. The number of amides is 1. The average molecular weight is 307 g/mol. The van der Waals surface area contributed by atoms with Crippen LogP contribution in [0.25, 0.3) is 0 Å². The minimum absolute atomic E-state index is 0.0350. The van der Waals surface area contributed by atoms with Gasteiger partial charge in [0.15, 0.2) is 6.10 Å². The van der Waals surface area contributed by atoms with Gasteiger partial charge in [-0.1, -0.05) is 26.0 Å². The van der Waals surface area contributed by atoms with Crippen LogP contribution in [-0.4, -0.2) is 29.8 Å². The third kappa shape index (κ3) is 5.68. The normalized spacial score (nSPS) is 13.8. The van der Waals surface area contributed by atoms with Crippen molar-refractivity contribution in [3.05, 3.63) is 29.3 Å². The van der Waals surface area contributed by atoms with E-state index in [1.165, 1.54) is 0 Å². The third-order valence-electron chi connectivity index (χ3n) is 3.65. The Labute approximate surface area is 133 Å². The number of nitrogens with one attached hydrogen (secondary N) is 1. The molecule has 124 valence electrons. The summed E-state index contributed by atoms with van der Waals surface area (Å²) in [6, 6.07) is 6.13. The number of carbonyl (C=O) groups is 1. The van der Waals surface area contributed by atoms with Gasteiger partial charge in [0.05, 0.1) is 0 Å². The predicted molar refractivity (Wildman–Crippen MR) is 89.3 cm³/mol. The minimum atomic E-state index is -0.545. The number of benzene rings is 1. The number of hydrogen-bond donors (Lipinski definition) is 2. The molecule has 0 aromatic heterocycles. The van der Waals surface area contributed by atoms with Gasteiger partial charge in [-0.2, -0.15) is 0 Å². The van der Waals surface area contributed by atoms with Crippen LogP contribution < -0.4 is 10.1 Å². The van der Waals surface area contributed by atoms with Crippen molar-refractivity contribution in [2.45, 2.75) is 65.5 Å². The van der Waals surface area contributed by atoms with E-state index < -0.39 is 6.10 Å². The summed E-state index contributed by atoms with van der Waals surface area (Å²) in [6.07, 6.45) is 0.902. The van der Waals surface area contributed by atoms with Crippen molar-refractivity contribution in [2.24, 2.45) is 0 Å². The number of aliphatic hydroxyl groups is 1. The molecule has 0 aliphatic heterocycles. The molecule has 0 bridgehead atoms. The van der Waals surface area contributed by atoms with Gasteiger partial charge in [-0.15, -0.1) is 0 Å². The van der Waals surface area contributed by atoms with Crippen molar-refractivity contribution in [3.8, 4) is 5.75 Å². The molecule has 2 unspecified atom stereocenters. The highest BCUT2D eigenvalue weighted by Gasteiger charge is 2.19. The molecule has 2 N–H and O–H groups in total. The van der Waals surface area contributed by atoms with E-state index in [4.69, 9.17) is 9.84 Å². The van der Waals surface area contributed by atoms with E-state index in [1.807, 2.05) is 19.9 Å². The average Bonchev–Trinajstić information content (AvgIpc) is 2.44. The standard InChI is InChI=1S/C18H29NO3/c1-12(2)16-9-8-13(3)11-17(16)22-15(5)18(21)19-14(4)7-6-10-20/h8-9,11-12,14-15,20H,6-7,10H2,1-5H3,(H,19,21). The van der Waals surface area contributed by atoms with Crippen LogP contribution in [0.15, 0.2) is 18.2 Å². The van der Waals surface area contributed by atoms with E-state index in [0.29, 0.717) is 12.3 Å². The summed E-state index contributed by atoms with van der Waals surface area (Å²) in [5.41, 5.74) is 2.22. The fourth-order valence-corrected chi connectivity index (χ4v) is 2.29. The first-order valence-electron chi connectivity index (χ1n) is 8.03. The van der Waals surface area contributed by atoms with Gasteiger partial charge in [0.25, 0.3) is 5.91 Å². The quantitative estimate of drug-likeness (QED) is 0.775. The lowest BCUT2D eigenvalue weighted by molar-refractivity contribution is -0.127. The van der Waals surface area contributed by atoms with Gasteiger partial charge in [0.1, 0.15) is 5.75 Å². The second kappa shape index (κ2) is 8.79. The molecule has 2 atom stereocenters. The molecule has 0 radical (unpaired) electrons. The molecule has 0 spiro atoms. The Balaban J connectivity index is 2.69. The summed E-state index contributed by atoms with van der Waals surface area (Å²) < 4.78 is 5.89. The molecule has 4 nitrogen and oxygen atoms in total. The molecule has 0 aliphatic carbocycles. The molecule has 0 saturated carbocycles. The first-order chi connectivity index (χ1) is 10.3. The van der Waals surface area contributed by atoms with E-state index in [2.05, 4.69) is 31.3 Å². The van der Waals surface area contributed by atoms with Gasteiger partial charge in [-0.25, -0.2) is 0 Å². The molecule has 0 saturated heterocycles. The topological polar surface area (TPSA) is 58.6 Å². The second-order valence-corrected chi connectivity index (χ2v) is 6.23. The lowest BCUT2D eigenvalue weighted by atomic mass is 10.0. The zero-order valence-corrected chi connectivity index (χ0v) is 14.3. The van der Waals surface area contributed by atoms with E-state index >= 15 is 0 Å². The molecule has 1 amide bonds. The predicted octanol–water partition coefficient (Wildman–Crippen LogP) is 3.16. The molecule has 4 heteroatoms. The van der Waals surface area contributed by atoms with Crippen molar-refractivity contribution in [3.63, 3.8) is 0 Å². The smallest absolute Gasteiger partial charge is 0.260 e. The van der Waals surface area contributed by atoms with E-state index in [0.717, 1.165) is 23.3 Å². The Morgan fingerprint density at radius 3 is 2.55 bits per heavy atom. The highest BCUT2D eigenvalue weighted by molar-refractivity contribution is 5.81. The summed E-state index contributed by atoms with van der Waals surface area (Å²) in [6.45, 7) is 10.1. The molecule has 0 heterocycles. The maximum atomic E-state index is 12.2. The van der Waals surface area contributed by atoms with Gasteiger partial charge in [-0.05, 0) is 56.7 Å². The molecule has 1 aromatic rings. The summed E-state index contributed by atoms with van der Waals surface area (Å²) in [5, 5.41) is 11.7. The number of hydrogen-bond acceptors (Lipinski definition) is 3. The highest BCUT2D eigenvalue weighted by atomic mass is 16.5. The lowest BCUT2D eigenvalue weighted by Gasteiger charge is -2.21. The van der Waals surface area contributed by atoms with E-state index in [1.54, 1.807) is 6.92 Å². The largest absolute Gasteiger partial charge is 0.481 e. The number of aryl methyl sites for hydroxylation is 1. The SMILES string of the molecule is Cc1ccc(C(C)C)c(OC(C)C(=O)NC(C)CCCO)c1. The summed E-state index contributed by atoms with van der Waals surface area (Å²) >= 11 is 0. The van der Waals surface area contributed by atoms with Gasteiger partial charge in [-0.3, -0.25) is 4.79 Å². The lowest BCUT2D eigenvalue weighted by Crippen LogP contribution is -2.41. The van der Waals surface area contributed by atoms with Crippen LogP contribution in [0, 0.1) is 6.92 Å². The number of ether oxygens (including phenoxy) is 1. The zero-order chi connectivity index (χ0) is 16.7. The Morgan fingerprint density at radius 1 is 1.27 bits per heavy atom. The fourth-order valence-electron chi connectivity index (χ4n) is 2.29. The molecular formula is C18H29NO3. The van der Waals surface area contributed by atoms with Crippen LogP contribution >= 0.6 is 0 Å². The van der Waals surface area contributed by atoms with Crippen LogP contribution in [0.3, 0.4) is 0 Å². The molecule has 0 fully saturated rings. The molecular weight excluding hydrogens is 278 g/mol. The van der Waals surface area contributed by atoms with Gasteiger partial charge in [0.2, 0.25) is 0 Å². The Kier molecular flexibility index (Phi) is 7.39. The van der Waals surface area contributed by atoms with Crippen molar-refractivity contribution >= 4 is 5.91 Å². The monoisotopic (exact) mass is 307 g/mol. The Bertz CT molecular complexity index is 485. The maximum Gasteiger partial charge on any atom is 0.260 e. The molecule has 22 heavy (non-hydrogen) atoms. The van der Waals surface area contributed by atoms with E-state index in [9.17, 15) is 4.79 Å². The minimum Gasteiger partial charge on any atom is -0.481 e. The molecule has 1 aromatic carbocycles. The Hall–Kier alpha value is -1.55. The van der Waals surface area contributed by atoms with Crippen molar-refractivity contribution < 1.29 is 14.6 Å². The maximum absolute atomic E-state index is 12.2. The summed E-state index contributed by atoms with van der Waals surface area (Å²) in [4.78, 5) is 12.2. The number of rotatable bonds is 8. The second-order valence-electron chi connectivity index (χ2n) is 6.23. The van der Waals surface area contributed by atoms with Gasteiger partial charge >= 0.3 is 0 Å². The Morgan fingerprint density at radius 2 is 1.95 bits per heavy atom. The first kappa shape index (κ1) is 18.5. The first-order valence-corrected chi connectivity index (χ1v) is 8.03. The van der Waals surface area contributed by atoms with Crippen LogP contribution in [0.1, 0.15) is 57.6 Å². The number of aliphatic hydroxyl groups excluding tert-OH is 1. The van der Waals surface area contributed by atoms with Crippen molar-refractivity contribution in [2.75, 3.05) is 6.61 Å². The highest BCUT2D eigenvalue weighted by Crippen LogP contribution is 2.28. The van der Waals surface area contributed by atoms with Crippen molar-refractivity contribution in [1.29, 1.82) is 0 Å². The third-order valence-corrected chi connectivity index (χ3v) is 3.65. The summed E-state index contributed by atoms with van der Waals surface area (Å²) in [5.74, 6) is 0.997. The summed E-state index contributed by atoms with van der Waals surface area (Å²) in [7, 11) is 0. The number of carbonyl (C=O) groups excluding carboxylic acids is 1. The molecule has 1 rings (SSSR count). The van der Waals surface area contributed by atoms with Gasteiger partial charge in [0, 0.05) is 12.6 Å². The van der Waals surface area contributed by atoms with Gasteiger partial charge < -0.3 is 15.2 Å². The van der Waals surface area contributed by atoms with Crippen LogP contribution in [-0.2, 0) is 4.79 Å². The van der Waals surface area contributed by atoms with Crippen molar-refractivity contribution in [1.82, 2.24) is 5.32 Å². The fraction of sp³-hybridized carbons (Fsp3) is 0.611. The van der Waals surface area contributed by atoms with Crippen LogP contribution in [0.4, 0.5) is 0 Å². The van der Waals surface area contributed by atoms with E-state index in [-0.39, 0.29) is 18.6 Å².